The van der Waals surface area contributed by atoms with Crippen LogP contribution in [0.4, 0.5) is 0 Å². The maximum Gasteiger partial charge on any atom is 0.247 e. The largest absolute Gasteiger partial charge is 0.355 e. The molecule has 56 valence electrons. The lowest BCUT2D eigenvalue weighted by Gasteiger charge is -2.28. The van der Waals surface area contributed by atoms with E-state index in [9.17, 15) is 0 Å². The van der Waals surface area contributed by atoms with Crippen molar-refractivity contribution >= 4 is 47.8 Å². The van der Waals surface area contributed by atoms with Crippen molar-refractivity contribution in [2.24, 2.45) is 0 Å². The van der Waals surface area contributed by atoms with E-state index in [-0.39, 0.29) is 0 Å². The minimum absolute atomic E-state index is 0.547. The van der Waals surface area contributed by atoms with Crippen LogP contribution in [0.1, 0.15) is 13.3 Å². The number of rotatable bonds is 2. The van der Waals surface area contributed by atoms with Crippen LogP contribution in [0, 0.1) is 0 Å². The second kappa shape index (κ2) is 3.17. The Morgan fingerprint density at radius 2 is 1.56 bits per heavy atom. The summed E-state index contributed by atoms with van der Waals surface area (Å²) < 4.78 is -2.78. The summed E-state index contributed by atoms with van der Waals surface area (Å²) in [5.74, 6) is 0. The standard InChI is InChI=1S/C4H7Br3O2/c1-2-3(5,6)4(7,8)9/h8-9H,2H2,1H3. The van der Waals surface area contributed by atoms with Gasteiger partial charge in [-0.2, -0.15) is 0 Å². The van der Waals surface area contributed by atoms with Gasteiger partial charge in [0.05, 0.1) is 0 Å². The molecule has 0 rings (SSSR count). The minimum Gasteiger partial charge on any atom is -0.355 e. The van der Waals surface area contributed by atoms with Gasteiger partial charge in [0.25, 0.3) is 0 Å². The topological polar surface area (TPSA) is 40.5 Å². The maximum atomic E-state index is 8.92. The third-order valence-corrected chi connectivity index (χ3v) is 4.88. The molecule has 0 fully saturated rings. The highest BCUT2D eigenvalue weighted by molar-refractivity contribution is 9.26. The summed E-state index contributed by atoms with van der Waals surface area (Å²) >= 11 is 8.82. The molecule has 0 unspecified atom stereocenters. The third-order valence-electron chi connectivity index (χ3n) is 0.909. The second-order valence-electron chi connectivity index (χ2n) is 1.65. The summed E-state index contributed by atoms with van der Waals surface area (Å²) in [6, 6.07) is 0. The highest BCUT2D eigenvalue weighted by Crippen LogP contribution is 2.42. The Balaban J connectivity index is 4.14. The van der Waals surface area contributed by atoms with Gasteiger partial charge in [-0.15, -0.1) is 0 Å². The SMILES string of the molecule is CCC(Br)(Br)C(O)(O)Br. The normalized spacial score (nSPS) is 14.0. The van der Waals surface area contributed by atoms with E-state index in [1.54, 1.807) is 0 Å². The first-order valence-corrected chi connectivity index (χ1v) is 4.70. The van der Waals surface area contributed by atoms with Crippen molar-refractivity contribution < 1.29 is 10.2 Å². The second-order valence-corrected chi connectivity index (χ2v) is 6.52. The van der Waals surface area contributed by atoms with Crippen molar-refractivity contribution in [1.82, 2.24) is 0 Å². The van der Waals surface area contributed by atoms with Gasteiger partial charge in [0.15, 0.2) is 0 Å². The lowest BCUT2D eigenvalue weighted by atomic mass is 10.3. The number of hydrogen-bond donors (Lipinski definition) is 2. The monoisotopic (exact) mass is 324 g/mol. The van der Waals surface area contributed by atoms with Gasteiger partial charge in [-0.1, -0.05) is 38.8 Å². The van der Waals surface area contributed by atoms with E-state index < -0.39 is 7.93 Å². The summed E-state index contributed by atoms with van der Waals surface area (Å²) in [5, 5.41) is 17.8. The van der Waals surface area contributed by atoms with E-state index in [1.807, 2.05) is 6.92 Å². The number of alkyl halides is 3. The van der Waals surface area contributed by atoms with Crippen LogP contribution in [0.5, 0.6) is 0 Å². The Kier molecular flexibility index (Phi) is 3.65. The summed E-state index contributed by atoms with van der Waals surface area (Å²) in [6.07, 6.45) is 0.547. The quantitative estimate of drug-likeness (QED) is 0.601. The summed E-state index contributed by atoms with van der Waals surface area (Å²) in [4.78, 5) is 0. The molecule has 0 aliphatic rings. The molecule has 0 amide bonds. The van der Waals surface area contributed by atoms with Crippen molar-refractivity contribution in [3.05, 3.63) is 0 Å². The molecule has 0 heterocycles. The van der Waals surface area contributed by atoms with Gasteiger partial charge in [0.1, 0.15) is 3.23 Å². The lowest BCUT2D eigenvalue weighted by Crippen LogP contribution is -2.38. The van der Waals surface area contributed by atoms with Gasteiger partial charge in [0, 0.05) is 0 Å². The van der Waals surface area contributed by atoms with Crippen molar-refractivity contribution in [3.63, 3.8) is 0 Å². The maximum absolute atomic E-state index is 8.92. The van der Waals surface area contributed by atoms with Crippen LogP contribution in [-0.4, -0.2) is 18.1 Å². The van der Waals surface area contributed by atoms with Gasteiger partial charge >= 0.3 is 0 Å². The van der Waals surface area contributed by atoms with Gasteiger partial charge in [0.2, 0.25) is 4.70 Å². The summed E-state index contributed by atoms with van der Waals surface area (Å²) in [7, 11) is 0. The summed E-state index contributed by atoms with van der Waals surface area (Å²) in [5.41, 5.74) is 0. The van der Waals surface area contributed by atoms with Gasteiger partial charge in [-0.05, 0) is 22.4 Å². The van der Waals surface area contributed by atoms with Crippen LogP contribution in [0.25, 0.3) is 0 Å². The van der Waals surface area contributed by atoms with Gasteiger partial charge < -0.3 is 10.2 Å². The first-order valence-electron chi connectivity index (χ1n) is 2.32. The number of aliphatic hydroxyl groups is 2. The van der Waals surface area contributed by atoms with Crippen LogP contribution in [0.15, 0.2) is 0 Å². The average molecular weight is 327 g/mol. The van der Waals surface area contributed by atoms with E-state index in [0.29, 0.717) is 6.42 Å². The van der Waals surface area contributed by atoms with Crippen LogP contribution in [-0.2, 0) is 0 Å². The van der Waals surface area contributed by atoms with Crippen molar-refractivity contribution in [1.29, 1.82) is 0 Å². The molecule has 9 heavy (non-hydrogen) atoms. The molecule has 2 N–H and O–H groups in total. The Morgan fingerprint density at radius 1 is 1.22 bits per heavy atom. The molecule has 5 heteroatoms. The van der Waals surface area contributed by atoms with Crippen LogP contribution in [0.2, 0.25) is 0 Å². The number of hydrogen-bond acceptors (Lipinski definition) is 2. The molecule has 0 aliphatic carbocycles. The zero-order valence-electron chi connectivity index (χ0n) is 4.74. The van der Waals surface area contributed by atoms with E-state index in [0.717, 1.165) is 0 Å². The zero-order chi connectivity index (χ0) is 7.71. The molecule has 0 saturated heterocycles. The first kappa shape index (κ1) is 10.4. The molecule has 0 aromatic rings. The summed E-state index contributed by atoms with van der Waals surface area (Å²) in [6.45, 7) is 1.81. The Bertz CT molecular complexity index is 96.5. The molecule has 0 aromatic heterocycles. The van der Waals surface area contributed by atoms with Crippen LogP contribution in [0.3, 0.4) is 0 Å². The molecule has 0 saturated carbocycles. The van der Waals surface area contributed by atoms with Gasteiger partial charge in [-0.3, -0.25) is 0 Å². The molecule has 2 nitrogen and oxygen atoms in total. The highest BCUT2D eigenvalue weighted by atomic mass is 79.9. The molecule has 0 spiro atoms. The molecule has 0 aromatic carbocycles. The third kappa shape index (κ3) is 2.84. The zero-order valence-corrected chi connectivity index (χ0v) is 9.49. The Labute approximate surface area is 79.0 Å². The highest BCUT2D eigenvalue weighted by Gasteiger charge is 2.42. The molecular weight excluding hydrogens is 320 g/mol. The molecule has 0 radical (unpaired) electrons. The van der Waals surface area contributed by atoms with Crippen molar-refractivity contribution in [2.45, 2.75) is 21.3 Å². The van der Waals surface area contributed by atoms with Crippen LogP contribution < -0.4 is 0 Å². The predicted octanol–water partition coefficient (Wildman–Crippen LogP) is 1.92. The van der Waals surface area contributed by atoms with Crippen LogP contribution >= 0.6 is 47.8 Å². The smallest absolute Gasteiger partial charge is 0.247 e. The average Bonchev–Trinajstić information content (AvgIpc) is 1.64. The number of halogens is 3. The molecular formula is C4H7Br3O2. The fourth-order valence-electron chi connectivity index (χ4n) is 0.225. The van der Waals surface area contributed by atoms with E-state index in [1.165, 1.54) is 0 Å². The fraction of sp³-hybridized carbons (Fsp3) is 1.00. The molecule has 0 bridgehead atoms. The molecule has 0 atom stereocenters. The predicted molar refractivity (Wildman–Crippen MR) is 47.0 cm³/mol. The van der Waals surface area contributed by atoms with E-state index >= 15 is 0 Å². The van der Waals surface area contributed by atoms with Crippen molar-refractivity contribution in [3.8, 4) is 0 Å². The minimum atomic E-state index is -1.91. The Morgan fingerprint density at radius 3 is 1.56 bits per heavy atom. The van der Waals surface area contributed by atoms with Gasteiger partial charge in [-0.25, -0.2) is 0 Å². The molecule has 0 aliphatic heterocycles. The van der Waals surface area contributed by atoms with E-state index in [2.05, 4.69) is 47.8 Å². The van der Waals surface area contributed by atoms with E-state index in [4.69, 9.17) is 10.2 Å². The lowest BCUT2D eigenvalue weighted by molar-refractivity contribution is -0.0739. The fourth-order valence-corrected chi connectivity index (χ4v) is 0.505. The Hall–Kier alpha value is 1.36. The van der Waals surface area contributed by atoms with Crippen molar-refractivity contribution in [2.75, 3.05) is 0 Å². The first-order chi connectivity index (χ1) is 3.81.